The van der Waals surface area contributed by atoms with E-state index in [-0.39, 0.29) is 37.0 Å². The molecule has 3 amide bonds. The fraction of sp³-hybridized carbons (Fsp3) is 0.367. The second kappa shape index (κ2) is 18.5. The average Bonchev–Trinajstić information content (AvgIpc) is 4.07. The van der Waals surface area contributed by atoms with E-state index in [0.717, 1.165) is 53.8 Å². The molecule has 8 rings (SSSR count). The van der Waals surface area contributed by atoms with E-state index in [2.05, 4.69) is 39.7 Å². The zero-order chi connectivity index (χ0) is 47.2. The highest BCUT2D eigenvalue weighted by molar-refractivity contribution is 7.15. The van der Waals surface area contributed by atoms with Gasteiger partial charge in [-0.25, -0.2) is 9.97 Å². The lowest BCUT2D eigenvalue weighted by molar-refractivity contribution is -0.142. The molecule has 0 spiro atoms. The van der Waals surface area contributed by atoms with Crippen LogP contribution < -0.4 is 10.6 Å². The molecular formula is C49H53N9O6S2. The van der Waals surface area contributed by atoms with Gasteiger partial charge in [-0.3, -0.25) is 28.7 Å². The van der Waals surface area contributed by atoms with Crippen molar-refractivity contribution >= 4 is 52.1 Å². The van der Waals surface area contributed by atoms with E-state index in [9.17, 15) is 24.3 Å². The number of hydrogen-bond donors (Lipinski definition) is 3. The average molecular weight is 928 g/mol. The third kappa shape index (κ3) is 9.06. The fourth-order valence-electron chi connectivity index (χ4n) is 8.51. The SMILES string of the molecule is COC(=O)C[C@@H]1N=C(c2ccc(-c3cccc(C(=O)N[C@H](C(=O)N4C[C@H](O)C[C@H]4C(=O)N[C@@H](C)c4ccc(-c5scnc5C)cc4)C(C)(C)C)n3)cc2)c2c(sc(C)c2C)-n2c(C)nnc21. The number of ether oxygens (including phenoxy) is 1. The zero-order valence-corrected chi connectivity index (χ0v) is 40.0. The third-order valence-corrected chi connectivity index (χ3v) is 14.5. The van der Waals surface area contributed by atoms with Gasteiger partial charge in [0.2, 0.25) is 11.8 Å². The molecule has 4 aromatic heterocycles. The number of thiophene rings is 1. The third-order valence-electron chi connectivity index (χ3n) is 12.3. The summed E-state index contributed by atoms with van der Waals surface area (Å²) < 4.78 is 7.01. The van der Waals surface area contributed by atoms with Crippen LogP contribution >= 0.6 is 22.7 Å². The molecule has 2 aliphatic rings. The van der Waals surface area contributed by atoms with E-state index >= 15 is 0 Å². The smallest absolute Gasteiger partial charge is 0.308 e. The minimum atomic E-state index is -1.05. The first-order valence-corrected chi connectivity index (χ1v) is 23.5. The number of esters is 1. The van der Waals surface area contributed by atoms with Gasteiger partial charge in [0.25, 0.3) is 5.91 Å². The van der Waals surface area contributed by atoms with Crippen LogP contribution in [0, 0.1) is 33.1 Å². The first-order chi connectivity index (χ1) is 31.4. The van der Waals surface area contributed by atoms with E-state index in [4.69, 9.17) is 14.7 Å². The number of carbonyl (C=O) groups is 4. The predicted octanol–water partition coefficient (Wildman–Crippen LogP) is 7.19. The molecule has 342 valence electrons. The van der Waals surface area contributed by atoms with Crippen LogP contribution in [0.5, 0.6) is 0 Å². The lowest BCUT2D eigenvalue weighted by Gasteiger charge is -2.35. The van der Waals surface area contributed by atoms with Gasteiger partial charge in [0.15, 0.2) is 5.82 Å². The van der Waals surface area contributed by atoms with Crippen LogP contribution in [0.3, 0.4) is 0 Å². The molecule has 2 aromatic carbocycles. The number of fused-ring (bicyclic) bond motifs is 3. The Balaban J connectivity index is 0.994. The highest BCUT2D eigenvalue weighted by Crippen LogP contribution is 2.40. The summed E-state index contributed by atoms with van der Waals surface area (Å²) in [7, 11) is 1.35. The van der Waals surface area contributed by atoms with Crippen molar-refractivity contribution in [1.29, 1.82) is 0 Å². The van der Waals surface area contributed by atoms with Crippen LogP contribution in [0.1, 0.15) is 108 Å². The number of aliphatic hydroxyl groups excluding tert-OH is 1. The maximum Gasteiger partial charge on any atom is 0.308 e. The van der Waals surface area contributed by atoms with Gasteiger partial charge >= 0.3 is 5.97 Å². The summed E-state index contributed by atoms with van der Waals surface area (Å²) in [6.07, 6.45) is -0.855. The second-order valence-corrected chi connectivity index (χ2v) is 20.0. The number of nitrogens with zero attached hydrogens (tertiary/aromatic N) is 7. The van der Waals surface area contributed by atoms with Gasteiger partial charge in [-0.1, -0.05) is 75.4 Å². The number of methoxy groups -OCH3 is 1. The second-order valence-electron chi connectivity index (χ2n) is 18.0. The molecule has 0 bridgehead atoms. The largest absolute Gasteiger partial charge is 0.469 e. The number of nitrogens with one attached hydrogen (secondary N) is 2. The highest BCUT2D eigenvalue weighted by Gasteiger charge is 2.45. The number of rotatable bonds is 11. The van der Waals surface area contributed by atoms with Crippen LogP contribution in [-0.2, 0) is 19.1 Å². The molecule has 66 heavy (non-hydrogen) atoms. The van der Waals surface area contributed by atoms with Crippen LogP contribution in [0.25, 0.3) is 26.7 Å². The van der Waals surface area contributed by atoms with Gasteiger partial charge in [-0.05, 0) is 68.9 Å². The molecule has 6 aromatic rings. The quantitative estimate of drug-likeness (QED) is 0.112. The Kier molecular flexibility index (Phi) is 12.9. The summed E-state index contributed by atoms with van der Waals surface area (Å²) in [6, 6.07) is 17.8. The van der Waals surface area contributed by atoms with Crippen LogP contribution in [0.2, 0.25) is 0 Å². The molecule has 0 radical (unpaired) electrons. The van der Waals surface area contributed by atoms with Crippen molar-refractivity contribution in [1.82, 2.24) is 40.3 Å². The number of pyridine rings is 1. The number of β-amino-alcohol motifs (C(OH)–C–C–N with tert-alkyl or cyclic N) is 1. The monoisotopic (exact) mass is 927 g/mol. The Bertz CT molecular complexity index is 2860. The molecule has 1 fully saturated rings. The Morgan fingerprint density at radius 3 is 2.29 bits per heavy atom. The normalized spacial score (nSPS) is 17.8. The minimum absolute atomic E-state index is 0.0102. The summed E-state index contributed by atoms with van der Waals surface area (Å²) in [5.41, 5.74) is 8.84. The number of thiazole rings is 1. The zero-order valence-electron chi connectivity index (χ0n) is 38.4. The summed E-state index contributed by atoms with van der Waals surface area (Å²) in [6.45, 7) is 15.3. The first-order valence-electron chi connectivity index (χ1n) is 21.8. The Labute approximate surface area is 391 Å². The first kappa shape index (κ1) is 46.1. The van der Waals surface area contributed by atoms with Gasteiger partial charge in [-0.2, -0.15) is 0 Å². The van der Waals surface area contributed by atoms with Crippen molar-refractivity contribution in [2.45, 2.75) is 98.5 Å². The maximum atomic E-state index is 14.4. The highest BCUT2D eigenvalue weighted by atomic mass is 32.1. The molecule has 15 nitrogen and oxygen atoms in total. The molecule has 3 N–H and O–H groups in total. The van der Waals surface area contributed by atoms with Gasteiger partial charge < -0.3 is 25.4 Å². The number of benzene rings is 2. The fourth-order valence-corrected chi connectivity index (χ4v) is 10.5. The summed E-state index contributed by atoms with van der Waals surface area (Å²) in [4.78, 5) is 72.7. The Hall–Kier alpha value is -6.43. The van der Waals surface area contributed by atoms with E-state index in [0.29, 0.717) is 23.1 Å². The Morgan fingerprint density at radius 1 is 0.924 bits per heavy atom. The number of amides is 3. The van der Waals surface area contributed by atoms with Gasteiger partial charge in [0, 0.05) is 34.5 Å². The van der Waals surface area contributed by atoms with Crippen molar-refractivity contribution < 1.29 is 29.0 Å². The molecule has 0 unspecified atom stereocenters. The lowest BCUT2D eigenvalue weighted by Crippen LogP contribution is -2.58. The topological polar surface area (TPSA) is 194 Å². The summed E-state index contributed by atoms with van der Waals surface area (Å²) in [5, 5.41) is 26.5. The standard InChI is InChI=1S/C49H53N9O6S2/c1-25-28(4)66-48-40(25)41(53-37(22-39(60)64-9)44-56-55-29(5)58(44)48)32-17-15-31(16-18-32)35-11-10-12-36(52-35)45(61)54-43(49(6,7)8)47(63)57-23-34(59)21-38(57)46(62)51-26(2)30-13-19-33(20-14-30)42-27(3)50-24-65-42/h10-20,24,26,34,37-38,43,59H,21-23H2,1-9H3,(H,51,62)(H,54,61)/t26-,34+,37-,38-,43+/m0/s1. The number of aryl methyl sites for hydroxylation is 3. The summed E-state index contributed by atoms with van der Waals surface area (Å²) in [5.74, 6) is -0.574. The van der Waals surface area contributed by atoms with E-state index in [1.165, 1.54) is 12.0 Å². The van der Waals surface area contributed by atoms with Crippen molar-refractivity contribution in [3.05, 3.63) is 122 Å². The van der Waals surface area contributed by atoms with Crippen molar-refractivity contribution in [2.75, 3.05) is 13.7 Å². The van der Waals surface area contributed by atoms with Crippen molar-refractivity contribution in [3.63, 3.8) is 0 Å². The van der Waals surface area contributed by atoms with Gasteiger partial charge in [0.1, 0.15) is 34.6 Å². The van der Waals surface area contributed by atoms with E-state index < -0.39 is 47.4 Å². The molecule has 2 aliphatic heterocycles. The van der Waals surface area contributed by atoms with Crippen molar-refractivity contribution in [3.8, 4) is 26.7 Å². The number of hydrogen-bond acceptors (Lipinski definition) is 13. The van der Waals surface area contributed by atoms with Gasteiger partial charge in [-0.15, -0.1) is 32.9 Å². The Morgan fingerprint density at radius 2 is 1.62 bits per heavy atom. The van der Waals surface area contributed by atoms with Gasteiger partial charge in [0.05, 0.1) is 53.2 Å². The van der Waals surface area contributed by atoms with Crippen LogP contribution in [0.4, 0.5) is 0 Å². The molecule has 1 saturated heterocycles. The van der Waals surface area contributed by atoms with E-state index in [1.807, 2.05) is 100 Å². The molecule has 0 aliphatic carbocycles. The minimum Gasteiger partial charge on any atom is -0.469 e. The van der Waals surface area contributed by atoms with Crippen molar-refractivity contribution in [2.24, 2.45) is 10.4 Å². The number of aliphatic imine (C=N–C) groups is 1. The number of aliphatic hydroxyl groups is 1. The maximum absolute atomic E-state index is 14.4. The molecule has 17 heteroatoms. The number of likely N-dealkylation sites (tertiary alicyclic amines) is 1. The number of carbonyl (C=O) groups excluding carboxylic acids is 4. The summed E-state index contributed by atoms with van der Waals surface area (Å²) >= 11 is 3.19. The molecule has 6 heterocycles. The molecule has 5 atom stereocenters. The molecule has 0 saturated carbocycles. The lowest BCUT2D eigenvalue weighted by atomic mass is 9.85. The predicted molar refractivity (Wildman–Crippen MR) is 254 cm³/mol. The van der Waals surface area contributed by atoms with Crippen LogP contribution in [-0.4, -0.2) is 96.0 Å². The van der Waals surface area contributed by atoms with Crippen LogP contribution in [0.15, 0.2) is 77.2 Å². The van der Waals surface area contributed by atoms with E-state index in [1.54, 1.807) is 40.9 Å². The molecular weight excluding hydrogens is 875 g/mol. The number of aromatic nitrogens is 5.